The molecule has 0 bridgehead atoms. The summed E-state index contributed by atoms with van der Waals surface area (Å²) in [6.45, 7) is 2.03. The normalized spacial score (nSPS) is 10.1. The van der Waals surface area contributed by atoms with Crippen LogP contribution in [0, 0.1) is 17.0 Å². The highest BCUT2D eigenvalue weighted by Gasteiger charge is 2.22. The fraction of sp³-hybridized carbons (Fsp3) is 0.143. The highest BCUT2D eigenvalue weighted by molar-refractivity contribution is 6.00. The van der Waals surface area contributed by atoms with Gasteiger partial charge in [-0.25, -0.2) is 0 Å². The Morgan fingerprint density at radius 1 is 1.33 bits per heavy atom. The van der Waals surface area contributed by atoms with Crippen LogP contribution in [0.2, 0.25) is 0 Å². The number of nitrogens with two attached hydrogens (primary N) is 1. The van der Waals surface area contributed by atoms with Crippen LogP contribution in [-0.2, 0) is 6.54 Å². The van der Waals surface area contributed by atoms with Crippen LogP contribution in [0.15, 0.2) is 36.4 Å². The molecule has 0 fully saturated rings. The number of hydrogen-bond donors (Lipinski definition) is 2. The van der Waals surface area contributed by atoms with Crippen LogP contribution in [0.5, 0.6) is 0 Å². The standard InChI is InChI=1S/C14H14N4O3/c1-9-4-2-5-10(17-9)8-16-14(19)11-6-3-7-12(15)13(11)18(20)21/h2-7H,8,15H2,1H3,(H,16,19). The highest BCUT2D eigenvalue weighted by atomic mass is 16.6. The number of amides is 1. The number of carbonyl (C=O) groups excluding carboxylic acids is 1. The van der Waals surface area contributed by atoms with Gasteiger partial charge >= 0.3 is 5.69 Å². The number of rotatable bonds is 4. The molecule has 7 nitrogen and oxygen atoms in total. The number of aromatic nitrogens is 1. The average Bonchev–Trinajstić information content (AvgIpc) is 2.44. The molecule has 0 saturated carbocycles. The number of nitrogens with one attached hydrogen (secondary N) is 1. The third kappa shape index (κ3) is 3.33. The lowest BCUT2D eigenvalue weighted by molar-refractivity contribution is -0.384. The third-order valence-electron chi connectivity index (χ3n) is 2.87. The first-order valence-electron chi connectivity index (χ1n) is 6.22. The molecular weight excluding hydrogens is 272 g/mol. The number of carbonyl (C=O) groups is 1. The van der Waals surface area contributed by atoms with E-state index in [1.807, 2.05) is 19.1 Å². The Morgan fingerprint density at radius 2 is 2.05 bits per heavy atom. The smallest absolute Gasteiger partial charge is 0.304 e. The molecule has 7 heteroatoms. The molecule has 0 spiro atoms. The van der Waals surface area contributed by atoms with Crippen molar-refractivity contribution in [3.8, 4) is 0 Å². The lowest BCUT2D eigenvalue weighted by atomic mass is 10.1. The molecule has 2 aromatic rings. The van der Waals surface area contributed by atoms with Gasteiger partial charge in [-0.3, -0.25) is 19.9 Å². The summed E-state index contributed by atoms with van der Waals surface area (Å²) in [5.74, 6) is -0.558. The number of nitrogens with zero attached hydrogens (tertiary/aromatic N) is 2. The van der Waals surface area contributed by atoms with Crippen LogP contribution >= 0.6 is 0 Å². The van der Waals surface area contributed by atoms with E-state index < -0.39 is 10.8 Å². The zero-order chi connectivity index (χ0) is 15.4. The Hall–Kier alpha value is -2.96. The molecule has 0 aliphatic carbocycles. The summed E-state index contributed by atoms with van der Waals surface area (Å²) in [6.07, 6.45) is 0. The second-order valence-corrected chi connectivity index (χ2v) is 4.45. The van der Waals surface area contributed by atoms with Gasteiger partial charge in [0, 0.05) is 5.69 Å². The second-order valence-electron chi connectivity index (χ2n) is 4.45. The summed E-state index contributed by atoms with van der Waals surface area (Å²) >= 11 is 0. The third-order valence-corrected chi connectivity index (χ3v) is 2.87. The molecule has 0 unspecified atom stereocenters. The van der Waals surface area contributed by atoms with Gasteiger partial charge in [0.25, 0.3) is 5.91 Å². The van der Waals surface area contributed by atoms with E-state index in [2.05, 4.69) is 10.3 Å². The topological polar surface area (TPSA) is 111 Å². The van der Waals surface area contributed by atoms with Gasteiger partial charge in [-0.1, -0.05) is 12.1 Å². The number of hydrogen-bond acceptors (Lipinski definition) is 5. The molecule has 0 atom stereocenters. The molecule has 1 aromatic carbocycles. The van der Waals surface area contributed by atoms with Crippen molar-refractivity contribution in [1.29, 1.82) is 0 Å². The molecular formula is C14H14N4O3. The number of para-hydroxylation sites is 1. The maximum Gasteiger partial charge on any atom is 0.304 e. The first kappa shape index (κ1) is 14.4. The first-order valence-corrected chi connectivity index (χ1v) is 6.22. The van der Waals surface area contributed by atoms with E-state index in [0.717, 1.165) is 5.69 Å². The highest BCUT2D eigenvalue weighted by Crippen LogP contribution is 2.25. The van der Waals surface area contributed by atoms with Crippen molar-refractivity contribution in [3.63, 3.8) is 0 Å². The van der Waals surface area contributed by atoms with Gasteiger partial charge in [0.15, 0.2) is 0 Å². The van der Waals surface area contributed by atoms with Crippen molar-refractivity contribution in [1.82, 2.24) is 10.3 Å². The summed E-state index contributed by atoms with van der Waals surface area (Å²) in [7, 11) is 0. The molecule has 0 aliphatic heterocycles. The molecule has 3 N–H and O–H groups in total. The van der Waals surface area contributed by atoms with Gasteiger partial charge in [0.05, 0.1) is 17.2 Å². The molecule has 1 amide bonds. The number of nitro groups is 1. The summed E-state index contributed by atoms with van der Waals surface area (Å²) < 4.78 is 0. The van der Waals surface area contributed by atoms with E-state index in [1.165, 1.54) is 18.2 Å². The fourth-order valence-electron chi connectivity index (χ4n) is 1.91. The van der Waals surface area contributed by atoms with Crippen molar-refractivity contribution >= 4 is 17.3 Å². The van der Waals surface area contributed by atoms with Gasteiger partial charge in [-0.15, -0.1) is 0 Å². The Labute approximate surface area is 121 Å². The molecule has 0 saturated heterocycles. The molecule has 21 heavy (non-hydrogen) atoms. The molecule has 0 aliphatic rings. The van der Waals surface area contributed by atoms with Crippen molar-refractivity contribution in [2.24, 2.45) is 0 Å². The average molecular weight is 286 g/mol. The maximum atomic E-state index is 12.1. The van der Waals surface area contributed by atoms with Gasteiger partial charge < -0.3 is 11.1 Å². The fourth-order valence-corrected chi connectivity index (χ4v) is 1.91. The maximum absolute atomic E-state index is 12.1. The Kier molecular flexibility index (Phi) is 4.13. The Morgan fingerprint density at radius 3 is 2.71 bits per heavy atom. The minimum Gasteiger partial charge on any atom is -0.393 e. The van der Waals surface area contributed by atoms with Crippen LogP contribution in [0.1, 0.15) is 21.7 Å². The second kappa shape index (κ2) is 6.00. The molecule has 1 heterocycles. The van der Waals surface area contributed by atoms with Crippen LogP contribution in [-0.4, -0.2) is 15.8 Å². The van der Waals surface area contributed by atoms with E-state index in [4.69, 9.17) is 5.73 Å². The Balaban J connectivity index is 2.18. The van der Waals surface area contributed by atoms with Crippen LogP contribution in [0.4, 0.5) is 11.4 Å². The minimum atomic E-state index is -0.658. The van der Waals surface area contributed by atoms with Gasteiger partial charge in [-0.05, 0) is 31.2 Å². The van der Waals surface area contributed by atoms with E-state index in [-0.39, 0.29) is 23.5 Å². The quantitative estimate of drug-likeness (QED) is 0.506. The summed E-state index contributed by atoms with van der Waals surface area (Å²) in [6, 6.07) is 9.69. The van der Waals surface area contributed by atoms with Crippen molar-refractivity contribution < 1.29 is 9.72 Å². The monoisotopic (exact) mass is 286 g/mol. The van der Waals surface area contributed by atoms with Gasteiger partial charge in [-0.2, -0.15) is 0 Å². The predicted octanol–water partition coefficient (Wildman–Crippen LogP) is 1.81. The lowest BCUT2D eigenvalue weighted by Crippen LogP contribution is -2.24. The van der Waals surface area contributed by atoms with Crippen LogP contribution in [0.3, 0.4) is 0 Å². The molecule has 1 aromatic heterocycles. The SMILES string of the molecule is Cc1cccc(CNC(=O)c2cccc(N)c2[N+](=O)[O-])n1. The zero-order valence-electron chi connectivity index (χ0n) is 11.4. The molecule has 0 radical (unpaired) electrons. The number of benzene rings is 1. The number of nitrogen functional groups attached to an aromatic ring is 1. The van der Waals surface area contributed by atoms with Gasteiger partial charge in [0.2, 0.25) is 0 Å². The van der Waals surface area contributed by atoms with Crippen molar-refractivity contribution in [2.75, 3.05) is 5.73 Å². The van der Waals surface area contributed by atoms with Crippen LogP contribution < -0.4 is 11.1 Å². The van der Waals surface area contributed by atoms with Crippen molar-refractivity contribution in [2.45, 2.75) is 13.5 Å². The number of anilines is 1. The molecule has 2 rings (SSSR count). The number of aryl methyl sites for hydroxylation is 1. The Bertz CT molecular complexity index is 700. The lowest BCUT2D eigenvalue weighted by Gasteiger charge is -2.07. The first-order chi connectivity index (χ1) is 9.99. The largest absolute Gasteiger partial charge is 0.393 e. The van der Waals surface area contributed by atoms with E-state index in [9.17, 15) is 14.9 Å². The predicted molar refractivity (Wildman–Crippen MR) is 77.7 cm³/mol. The molecule has 108 valence electrons. The minimum absolute atomic E-state index is 0.0404. The van der Waals surface area contributed by atoms with E-state index in [0.29, 0.717) is 5.69 Å². The zero-order valence-corrected chi connectivity index (χ0v) is 11.4. The van der Waals surface area contributed by atoms with Gasteiger partial charge in [0.1, 0.15) is 11.3 Å². The summed E-state index contributed by atoms with van der Waals surface area (Å²) in [5.41, 5.74) is 6.57. The summed E-state index contributed by atoms with van der Waals surface area (Å²) in [5, 5.41) is 13.6. The van der Waals surface area contributed by atoms with E-state index in [1.54, 1.807) is 6.07 Å². The van der Waals surface area contributed by atoms with Crippen molar-refractivity contribution in [3.05, 3.63) is 63.5 Å². The summed E-state index contributed by atoms with van der Waals surface area (Å²) in [4.78, 5) is 26.7. The van der Waals surface area contributed by atoms with Crippen LogP contribution in [0.25, 0.3) is 0 Å². The number of pyridine rings is 1. The number of nitro benzene ring substituents is 1. The van der Waals surface area contributed by atoms with E-state index >= 15 is 0 Å².